The summed E-state index contributed by atoms with van der Waals surface area (Å²) in [5.74, 6) is 0. The fourth-order valence-electron chi connectivity index (χ4n) is 1.28. The first kappa shape index (κ1) is 9.68. The lowest BCUT2D eigenvalue weighted by Gasteiger charge is -2.02. The zero-order valence-electron chi connectivity index (χ0n) is 7.62. The molecular formula is C10H9BrN2S. The lowest BCUT2D eigenvalue weighted by Crippen LogP contribution is -1.85. The maximum absolute atomic E-state index is 5.60. The smallest absolute Gasteiger partial charge is 0.180 e. The summed E-state index contributed by atoms with van der Waals surface area (Å²) in [4.78, 5) is 4.26. The molecule has 0 saturated heterocycles. The molecule has 1 aromatic carbocycles. The van der Waals surface area contributed by atoms with Gasteiger partial charge < -0.3 is 5.73 Å². The molecule has 0 fully saturated rings. The first-order chi connectivity index (χ1) is 6.66. The molecule has 1 aromatic heterocycles. The van der Waals surface area contributed by atoms with Crippen molar-refractivity contribution >= 4 is 32.4 Å². The summed E-state index contributed by atoms with van der Waals surface area (Å²) >= 11 is 4.91. The van der Waals surface area contributed by atoms with Crippen LogP contribution in [0.1, 0.15) is 5.56 Å². The molecule has 0 amide bonds. The monoisotopic (exact) mass is 268 g/mol. The first-order valence-electron chi connectivity index (χ1n) is 4.14. The largest absolute Gasteiger partial charge is 0.375 e. The molecule has 0 spiro atoms. The van der Waals surface area contributed by atoms with Crippen LogP contribution in [0.15, 0.2) is 28.1 Å². The molecule has 14 heavy (non-hydrogen) atoms. The van der Waals surface area contributed by atoms with Gasteiger partial charge in [0, 0.05) is 15.4 Å². The van der Waals surface area contributed by atoms with Gasteiger partial charge in [0.1, 0.15) is 0 Å². The van der Waals surface area contributed by atoms with Crippen molar-refractivity contribution in [2.45, 2.75) is 6.92 Å². The average Bonchev–Trinajstić information content (AvgIpc) is 2.56. The number of nitrogens with two attached hydrogens (primary N) is 1. The lowest BCUT2D eigenvalue weighted by molar-refractivity contribution is 1.37. The molecule has 0 unspecified atom stereocenters. The number of hydrogen-bond acceptors (Lipinski definition) is 3. The SMILES string of the molecule is Cc1ccc(Br)cc1-c1csc(N)n1. The van der Waals surface area contributed by atoms with Gasteiger partial charge >= 0.3 is 0 Å². The van der Waals surface area contributed by atoms with Gasteiger partial charge in [-0.15, -0.1) is 11.3 Å². The number of aryl methyl sites for hydroxylation is 1. The Morgan fingerprint density at radius 3 is 2.86 bits per heavy atom. The third-order valence-electron chi connectivity index (χ3n) is 2.00. The van der Waals surface area contributed by atoms with Crippen molar-refractivity contribution < 1.29 is 0 Å². The molecule has 0 aliphatic carbocycles. The van der Waals surface area contributed by atoms with Gasteiger partial charge in [-0.25, -0.2) is 4.98 Å². The van der Waals surface area contributed by atoms with E-state index in [1.54, 1.807) is 0 Å². The Labute approximate surface area is 94.9 Å². The summed E-state index contributed by atoms with van der Waals surface area (Å²) in [6.45, 7) is 2.07. The number of anilines is 1. The van der Waals surface area contributed by atoms with Gasteiger partial charge in [-0.3, -0.25) is 0 Å². The van der Waals surface area contributed by atoms with Crippen molar-refractivity contribution in [1.82, 2.24) is 4.98 Å². The minimum atomic E-state index is 0.611. The fourth-order valence-corrected chi connectivity index (χ4v) is 2.21. The van der Waals surface area contributed by atoms with E-state index in [1.807, 2.05) is 11.4 Å². The Morgan fingerprint density at radius 1 is 1.43 bits per heavy atom. The highest BCUT2D eigenvalue weighted by atomic mass is 79.9. The quantitative estimate of drug-likeness (QED) is 0.861. The van der Waals surface area contributed by atoms with Crippen molar-refractivity contribution in [2.75, 3.05) is 5.73 Å². The number of rotatable bonds is 1. The van der Waals surface area contributed by atoms with Gasteiger partial charge in [-0.05, 0) is 24.6 Å². The fraction of sp³-hybridized carbons (Fsp3) is 0.100. The predicted molar refractivity (Wildman–Crippen MR) is 64.4 cm³/mol. The molecule has 4 heteroatoms. The molecule has 2 aromatic rings. The van der Waals surface area contributed by atoms with Crippen molar-refractivity contribution in [3.05, 3.63) is 33.6 Å². The highest BCUT2D eigenvalue weighted by Crippen LogP contribution is 2.28. The van der Waals surface area contributed by atoms with Crippen LogP contribution in [0.4, 0.5) is 5.13 Å². The maximum Gasteiger partial charge on any atom is 0.180 e. The van der Waals surface area contributed by atoms with Crippen molar-refractivity contribution in [3.63, 3.8) is 0 Å². The van der Waals surface area contributed by atoms with Crippen LogP contribution in [0.3, 0.4) is 0 Å². The van der Waals surface area contributed by atoms with E-state index >= 15 is 0 Å². The summed E-state index contributed by atoms with van der Waals surface area (Å²) in [7, 11) is 0. The van der Waals surface area contributed by atoms with E-state index in [-0.39, 0.29) is 0 Å². The highest BCUT2D eigenvalue weighted by molar-refractivity contribution is 9.10. The van der Waals surface area contributed by atoms with Crippen molar-refractivity contribution in [1.29, 1.82) is 0 Å². The van der Waals surface area contributed by atoms with E-state index < -0.39 is 0 Å². The predicted octanol–water partition coefficient (Wildman–Crippen LogP) is 3.46. The number of nitrogen functional groups attached to an aromatic ring is 1. The number of hydrogen-bond donors (Lipinski definition) is 1. The van der Waals surface area contributed by atoms with Gasteiger partial charge in [0.25, 0.3) is 0 Å². The molecule has 72 valence electrons. The van der Waals surface area contributed by atoms with Gasteiger partial charge in [0.15, 0.2) is 5.13 Å². The number of benzene rings is 1. The summed E-state index contributed by atoms with van der Waals surface area (Å²) in [5.41, 5.74) is 8.89. The molecule has 0 bridgehead atoms. The minimum absolute atomic E-state index is 0.611. The summed E-state index contributed by atoms with van der Waals surface area (Å²) in [6, 6.07) is 6.15. The van der Waals surface area contributed by atoms with Crippen LogP contribution in [0.5, 0.6) is 0 Å². The van der Waals surface area contributed by atoms with Crippen LogP contribution in [0.25, 0.3) is 11.3 Å². The highest BCUT2D eigenvalue weighted by Gasteiger charge is 2.05. The second-order valence-electron chi connectivity index (χ2n) is 3.03. The van der Waals surface area contributed by atoms with E-state index in [2.05, 4.69) is 40.0 Å². The molecule has 0 radical (unpaired) electrons. The van der Waals surface area contributed by atoms with Gasteiger partial charge in [0.05, 0.1) is 5.69 Å². The van der Waals surface area contributed by atoms with Crippen LogP contribution >= 0.6 is 27.3 Å². The molecule has 2 rings (SSSR count). The second kappa shape index (κ2) is 3.71. The molecular weight excluding hydrogens is 260 g/mol. The molecule has 0 saturated carbocycles. The molecule has 0 atom stereocenters. The Morgan fingerprint density at radius 2 is 2.21 bits per heavy atom. The first-order valence-corrected chi connectivity index (χ1v) is 5.81. The number of thiazole rings is 1. The topological polar surface area (TPSA) is 38.9 Å². The molecule has 0 aliphatic heterocycles. The van der Waals surface area contributed by atoms with Crippen molar-refractivity contribution in [3.8, 4) is 11.3 Å². The number of nitrogens with zero attached hydrogens (tertiary/aromatic N) is 1. The van der Waals surface area contributed by atoms with Crippen LogP contribution in [-0.4, -0.2) is 4.98 Å². The Kier molecular flexibility index (Phi) is 2.56. The lowest BCUT2D eigenvalue weighted by atomic mass is 10.1. The van der Waals surface area contributed by atoms with E-state index in [0.717, 1.165) is 15.7 Å². The zero-order valence-corrected chi connectivity index (χ0v) is 10.0. The van der Waals surface area contributed by atoms with Gasteiger partial charge in [0.2, 0.25) is 0 Å². The third kappa shape index (κ3) is 1.81. The number of aromatic nitrogens is 1. The minimum Gasteiger partial charge on any atom is -0.375 e. The normalized spacial score (nSPS) is 10.4. The number of halogens is 1. The maximum atomic E-state index is 5.60. The van der Waals surface area contributed by atoms with E-state index in [1.165, 1.54) is 16.9 Å². The van der Waals surface area contributed by atoms with Gasteiger partial charge in [-0.2, -0.15) is 0 Å². The molecule has 0 aliphatic rings. The standard InChI is InChI=1S/C10H9BrN2S/c1-6-2-3-7(11)4-8(6)9-5-14-10(12)13-9/h2-5H,1H3,(H2,12,13). The molecule has 1 heterocycles. The third-order valence-corrected chi connectivity index (χ3v) is 3.16. The zero-order chi connectivity index (χ0) is 10.1. The Bertz CT molecular complexity index is 465. The van der Waals surface area contributed by atoms with Crippen molar-refractivity contribution in [2.24, 2.45) is 0 Å². The Hall–Kier alpha value is -0.870. The molecule has 2 N–H and O–H groups in total. The summed E-state index contributed by atoms with van der Waals surface area (Å²) < 4.78 is 1.06. The van der Waals surface area contributed by atoms with E-state index in [0.29, 0.717) is 5.13 Å². The summed E-state index contributed by atoms with van der Waals surface area (Å²) in [6.07, 6.45) is 0. The van der Waals surface area contributed by atoms with E-state index in [9.17, 15) is 0 Å². The summed E-state index contributed by atoms with van der Waals surface area (Å²) in [5, 5.41) is 2.59. The van der Waals surface area contributed by atoms with Crippen LogP contribution < -0.4 is 5.73 Å². The van der Waals surface area contributed by atoms with Gasteiger partial charge in [-0.1, -0.05) is 22.0 Å². The average molecular weight is 269 g/mol. The van der Waals surface area contributed by atoms with Crippen LogP contribution in [-0.2, 0) is 0 Å². The second-order valence-corrected chi connectivity index (χ2v) is 4.84. The molecule has 2 nitrogen and oxygen atoms in total. The van der Waals surface area contributed by atoms with Crippen LogP contribution in [0, 0.1) is 6.92 Å². The van der Waals surface area contributed by atoms with E-state index in [4.69, 9.17) is 5.73 Å². The van der Waals surface area contributed by atoms with Crippen LogP contribution in [0.2, 0.25) is 0 Å². The Balaban J connectivity index is 2.55.